The minimum atomic E-state index is -1.03. The zero-order chi connectivity index (χ0) is 21.0. The molecule has 154 valence electrons. The maximum Gasteiger partial charge on any atom is 0.407 e. The summed E-state index contributed by atoms with van der Waals surface area (Å²) >= 11 is 0. The smallest absolute Gasteiger partial charge is 0.407 e. The minimum Gasteiger partial charge on any atom is -0.480 e. The summed E-state index contributed by atoms with van der Waals surface area (Å²) in [5.41, 5.74) is 4.56. The summed E-state index contributed by atoms with van der Waals surface area (Å²) in [4.78, 5) is 23.9. The third-order valence-electron chi connectivity index (χ3n) is 5.45. The number of ether oxygens (including phenoxy) is 1. The van der Waals surface area contributed by atoms with Crippen LogP contribution in [0, 0.1) is 11.8 Å². The number of aliphatic carboxylic acids is 1. The number of carbonyl (C=O) groups excluding carboxylic acids is 1. The Morgan fingerprint density at radius 2 is 1.52 bits per heavy atom. The second kappa shape index (κ2) is 9.12. The SMILES string of the molecule is CC(C)CC(C)CC(NC(=O)OCC1c2ccccc2-c2ccccc21)C(=O)O. The van der Waals surface area contributed by atoms with E-state index in [1.807, 2.05) is 31.2 Å². The Bertz CT molecular complexity index is 831. The fourth-order valence-electron chi connectivity index (χ4n) is 4.31. The van der Waals surface area contributed by atoms with E-state index in [0.717, 1.165) is 28.7 Å². The molecule has 2 N–H and O–H groups in total. The molecule has 0 heterocycles. The molecule has 5 nitrogen and oxygen atoms in total. The summed E-state index contributed by atoms with van der Waals surface area (Å²) < 4.78 is 5.47. The largest absolute Gasteiger partial charge is 0.480 e. The quantitative estimate of drug-likeness (QED) is 0.656. The van der Waals surface area contributed by atoms with Crippen molar-refractivity contribution < 1.29 is 19.4 Å². The number of carbonyl (C=O) groups is 2. The molecule has 1 amide bonds. The van der Waals surface area contributed by atoms with E-state index in [9.17, 15) is 14.7 Å². The van der Waals surface area contributed by atoms with Crippen molar-refractivity contribution in [1.82, 2.24) is 5.32 Å². The zero-order valence-corrected chi connectivity index (χ0v) is 17.2. The number of nitrogens with one attached hydrogen (secondary N) is 1. The van der Waals surface area contributed by atoms with Crippen molar-refractivity contribution in [3.05, 3.63) is 59.7 Å². The summed E-state index contributed by atoms with van der Waals surface area (Å²) in [5, 5.41) is 12.0. The summed E-state index contributed by atoms with van der Waals surface area (Å²) in [7, 11) is 0. The van der Waals surface area contributed by atoms with Crippen molar-refractivity contribution in [2.24, 2.45) is 11.8 Å². The molecule has 0 radical (unpaired) electrons. The number of alkyl carbamates (subject to hydrolysis) is 1. The average molecular weight is 395 g/mol. The third-order valence-corrected chi connectivity index (χ3v) is 5.45. The normalized spacial score (nSPS) is 14.8. The van der Waals surface area contributed by atoms with Gasteiger partial charge in [-0.05, 0) is 46.9 Å². The van der Waals surface area contributed by atoms with Gasteiger partial charge < -0.3 is 15.2 Å². The van der Waals surface area contributed by atoms with Crippen LogP contribution in [0.25, 0.3) is 11.1 Å². The first-order chi connectivity index (χ1) is 13.9. The van der Waals surface area contributed by atoms with Crippen LogP contribution in [-0.4, -0.2) is 29.8 Å². The third kappa shape index (κ3) is 4.97. The van der Waals surface area contributed by atoms with E-state index >= 15 is 0 Å². The average Bonchev–Trinajstić information content (AvgIpc) is 2.99. The van der Waals surface area contributed by atoms with Gasteiger partial charge in [-0.25, -0.2) is 9.59 Å². The minimum absolute atomic E-state index is 0.0451. The van der Waals surface area contributed by atoms with Crippen LogP contribution < -0.4 is 5.32 Å². The highest BCUT2D eigenvalue weighted by atomic mass is 16.5. The van der Waals surface area contributed by atoms with Gasteiger partial charge in [0.25, 0.3) is 0 Å². The van der Waals surface area contributed by atoms with Gasteiger partial charge in [0.2, 0.25) is 0 Å². The fraction of sp³-hybridized carbons (Fsp3) is 0.417. The first kappa shape index (κ1) is 20.9. The molecule has 0 saturated heterocycles. The van der Waals surface area contributed by atoms with Crippen molar-refractivity contribution in [2.75, 3.05) is 6.61 Å². The molecule has 2 aromatic carbocycles. The molecule has 29 heavy (non-hydrogen) atoms. The summed E-state index contributed by atoms with van der Waals surface area (Å²) in [6.07, 6.45) is 0.615. The van der Waals surface area contributed by atoms with Gasteiger partial charge in [0.15, 0.2) is 0 Å². The van der Waals surface area contributed by atoms with Crippen LogP contribution in [-0.2, 0) is 9.53 Å². The summed E-state index contributed by atoms with van der Waals surface area (Å²) in [6, 6.07) is 15.3. The number of hydrogen-bond donors (Lipinski definition) is 2. The van der Waals surface area contributed by atoms with Crippen molar-refractivity contribution in [2.45, 2.75) is 45.6 Å². The fourth-order valence-corrected chi connectivity index (χ4v) is 4.31. The molecular formula is C24H29NO4. The van der Waals surface area contributed by atoms with Crippen LogP contribution in [0.15, 0.2) is 48.5 Å². The molecule has 0 saturated carbocycles. The lowest BCUT2D eigenvalue weighted by atomic mass is 9.93. The molecule has 0 aliphatic heterocycles. The number of hydrogen-bond acceptors (Lipinski definition) is 3. The van der Waals surface area contributed by atoms with Crippen LogP contribution in [0.2, 0.25) is 0 Å². The number of carboxylic acid groups (broad SMARTS) is 1. The van der Waals surface area contributed by atoms with Crippen molar-refractivity contribution in [3.63, 3.8) is 0 Å². The van der Waals surface area contributed by atoms with Crippen LogP contribution >= 0.6 is 0 Å². The van der Waals surface area contributed by atoms with Gasteiger partial charge in [0, 0.05) is 5.92 Å². The van der Waals surface area contributed by atoms with E-state index < -0.39 is 18.1 Å². The molecule has 0 bridgehead atoms. The Labute approximate surface area is 172 Å². The topological polar surface area (TPSA) is 75.6 Å². The standard InChI is InChI=1S/C24H29NO4/c1-15(2)12-16(3)13-22(23(26)27)25-24(28)29-14-21-19-10-6-4-8-17(19)18-9-5-7-11-20(18)21/h4-11,15-16,21-22H,12-14H2,1-3H3,(H,25,28)(H,26,27). The lowest BCUT2D eigenvalue weighted by Crippen LogP contribution is -2.42. The van der Waals surface area contributed by atoms with E-state index in [-0.39, 0.29) is 18.4 Å². The van der Waals surface area contributed by atoms with Gasteiger partial charge in [-0.2, -0.15) is 0 Å². The van der Waals surface area contributed by atoms with Gasteiger partial charge in [-0.3, -0.25) is 0 Å². The van der Waals surface area contributed by atoms with Crippen LogP contribution in [0.4, 0.5) is 4.79 Å². The highest BCUT2D eigenvalue weighted by molar-refractivity contribution is 5.81. The van der Waals surface area contributed by atoms with Gasteiger partial charge >= 0.3 is 12.1 Å². The molecule has 2 aromatic rings. The highest BCUT2D eigenvalue weighted by Crippen LogP contribution is 2.44. The molecule has 0 aromatic heterocycles. The molecule has 2 atom stereocenters. The number of carboxylic acids is 1. The highest BCUT2D eigenvalue weighted by Gasteiger charge is 2.30. The molecule has 0 fully saturated rings. The molecule has 1 aliphatic rings. The molecule has 0 spiro atoms. The Kier molecular flexibility index (Phi) is 6.57. The molecule has 3 rings (SSSR count). The molecule has 2 unspecified atom stereocenters. The van der Waals surface area contributed by atoms with Crippen molar-refractivity contribution in [3.8, 4) is 11.1 Å². The number of amides is 1. The number of benzene rings is 2. The van der Waals surface area contributed by atoms with Crippen LogP contribution in [0.1, 0.15) is 50.7 Å². The predicted molar refractivity (Wildman–Crippen MR) is 113 cm³/mol. The van der Waals surface area contributed by atoms with Gasteiger partial charge in [-0.1, -0.05) is 69.3 Å². The summed E-state index contributed by atoms with van der Waals surface area (Å²) in [5.74, 6) is -0.399. The van der Waals surface area contributed by atoms with E-state index in [2.05, 4.69) is 43.4 Å². The molecular weight excluding hydrogens is 366 g/mol. The first-order valence-corrected chi connectivity index (χ1v) is 10.2. The van der Waals surface area contributed by atoms with Crippen LogP contribution in [0.3, 0.4) is 0 Å². The van der Waals surface area contributed by atoms with Crippen molar-refractivity contribution >= 4 is 12.1 Å². The number of rotatable bonds is 8. The monoisotopic (exact) mass is 395 g/mol. The Balaban J connectivity index is 1.63. The molecule has 1 aliphatic carbocycles. The van der Waals surface area contributed by atoms with E-state index in [4.69, 9.17) is 4.74 Å². The number of fused-ring (bicyclic) bond motifs is 3. The van der Waals surface area contributed by atoms with Crippen molar-refractivity contribution in [1.29, 1.82) is 0 Å². The van der Waals surface area contributed by atoms with Gasteiger partial charge in [0.05, 0.1) is 0 Å². The van der Waals surface area contributed by atoms with E-state index in [1.165, 1.54) is 0 Å². The van der Waals surface area contributed by atoms with Gasteiger partial charge in [0.1, 0.15) is 12.6 Å². The maximum absolute atomic E-state index is 12.3. The first-order valence-electron chi connectivity index (χ1n) is 10.2. The van der Waals surface area contributed by atoms with E-state index in [1.54, 1.807) is 0 Å². The second-order valence-corrected chi connectivity index (χ2v) is 8.33. The Hall–Kier alpha value is -2.82. The second-order valence-electron chi connectivity index (χ2n) is 8.33. The van der Waals surface area contributed by atoms with E-state index in [0.29, 0.717) is 12.3 Å². The molecule has 5 heteroatoms. The van der Waals surface area contributed by atoms with Gasteiger partial charge in [-0.15, -0.1) is 0 Å². The lowest BCUT2D eigenvalue weighted by molar-refractivity contribution is -0.139. The maximum atomic E-state index is 12.3. The lowest BCUT2D eigenvalue weighted by Gasteiger charge is -2.21. The zero-order valence-electron chi connectivity index (χ0n) is 17.2. The predicted octanol–water partition coefficient (Wildman–Crippen LogP) is 5.05. The van der Waals surface area contributed by atoms with Crippen LogP contribution in [0.5, 0.6) is 0 Å². The Morgan fingerprint density at radius 3 is 2.03 bits per heavy atom. The Morgan fingerprint density at radius 1 is 0.966 bits per heavy atom. The summed E-state index contributed by atoms with van der Waals surface area (Å²) in [6.45, 7) is 6.39.